The number of hydrogen-bond acceptors (Lipinski definition) is 5. The number of aryl methyl sites for hydroxylation is 1. The molecule has 1 N–H and O–H groups in total. The molecule has 0 spiro atoms. The number of nitrogens with one attached hydrogen (secondary N) is 1. The smallest absolute Gasteiger partial charge is 0.264 e. The Bertz CT molecular complexity index is 1270. The quantitative estimate of drug-likeness (QED) is 0.568. The van der Waals surface area contributed by atoms with Gasteiger partial charge in [-0.2, -0.15) is 0 Å². The van der Waals surface area contributed by atoms with Crippen molar-refractivity contribution in [1.29, 1.82) is 0 Å². The highest BCUT2D eigenvalue weighted by molar-refractivity contribution is 7.20. The topological polar surface area (TPSA) is 83.9 Å². The van der Waals surface area contributed by atoms with Crippen molar-refractivity contribution in [3.8, 4) is 0 Å². The van der Waals surface area contributed by atoms with Gasteiger partial charge in [0, 0.05) is 25.7 Å². The van der Waals surface area contributed by atoms with Gasteiger partial charge >= 0.3 is 0 Å². The van der Waals surface area contributed by atoms with Crippen molar-refractivity contribution in [3.63, 3.8) is 0 Å². The van der Waals surface area contributed by atoms with Gasteiger partial charge in [0.25, 0.3) is 11.5 Å². The van der Waals surface area contributed by atoms with Crippen LogP contribution < -0.4 is 5.56 Å². The molecule has 29 heavy (non-hydrogen) atoms. The number of rotatable bonds is 3. The fourth-order valence-electron chi connectivity index (χ4n) is 3.77. The number of nitrogens with zero attached hydrogens (tertiary/aromatic N) is 4. The normalized spacial score (nSPS) is 13.6. The Kier molecular flexibility index (Phi) is 4.28. The molecule has 146 valence electrons. The van der Waals surface area contributed by atoms with Crippen LogP contribution in [0.1, 0.15) is 32.3 Å². The Labute approximate surface area is 170 Å². The number of fused-ring (bicyclic) bond motifs is 2. The third-order valence-corrected chi connectivity index (χ3v) is 6.48. The van der Waals surface area contributed by atoms with E-state index in [1.165, 1.54) is 11.3 Å². The summed E-state index contributed by atoms with van der Waals surface area (Å²) in [4.78, 5) is 40.6. The first-order valence-electron chi connectivity index (χ1n) is 9.44. The number of aromatic amines is 1. The summed E-state index contributed by atoms with van der Waals surface area (Å²) in [5.74, 6) is 0.554. The molecular weight excluding hydrogens is 386 g/mol. The number of aromatic nitrogens is 4. The molecule has 7 nitrogen and oxygen atoms in total. The number of hydrogen-bond donors (Lipinski definition) is 1. The molecule has 0 saturated carbocycles. The van der Waals surface area contributed by atoms with Gasteiger partial charge in [0.05, 0.1) is 28.8 Å². The van der Waals surface area contributed by atoms with Gasteiger partial charge in [0.2, 0.25) is 0 Å². The summed E-state index contributed by atoms with van der Waals surface area (Å²) in [7, 11) is 0. The lowest BCUT2D eigenvalue weighted by Gasteiger charge is -2.27. The summed E-state index contributed by atoms with van der Waals surface area (Å²) in [5, 5.41) is 0.511. The van der Waals surface area contributed by atoms with Gasteiger partial charge in [0.15, 0.2) is 0 Å². The largest absolute Gasteiger partial charge is 0.331 e. The summed E-state index contributed by atoms with van der Waals surface area (Å²) in [6, 6.07) is 9.88. The first kappa shape index (κ1) is 17.8. The number of carbonyl (C=O) groups is 1. The second-order valence-corrected chi connectivity index (χ2v) is 8.22. The Balaban J connectivity index is 1.49. The molecule has 0 radical (unpaired) electrons. The van der Waals surface area contributed by atoms with E-state index in [9.17, 15) is 9.59 Å². The van der Waals surface area contributed by atoms with Gasteiger partial charge in [0.1, 0.15) is 10.7 Å². The fraction of sp³-hybridized carbons (Fsp3) is 0.238. The fourth-order valence-corrected chi connectivity index (χ4v) is 4.94. The van der Waals surface area contributed by atoms with Crippen molar-refractivity contribution >= 4 is 27.5 Å². The van der Waals surface area contributed by atoms with E-state index >= 15 is 0 Å². The molecule has 0 saturated heterocycles. The molecule has 3 aromatic heterocycles. The van der Waals surface area contributed by atoms with Crippen molar-refractivity contribution in [1.82, 2.24) is 24.4 Å². The molecule has 0 unspecified atom stereocenters. The minimum absolute atomic E-state index is 0.0537. The predicted octanol–water partition coefficient (Wildman–Crippen LogP) is 2.74. The number of benzene rings is 1. The SMILES string of the molecule is Cc1c(C(=O)N2CCn3cncc3C2)sc2nc(Cc3ccccc3)[nH]c(=O)c12. The lowest BCUT2D eigenvalue weighted by Crippen LogP contribution is -2.37. The zero-order chi connectivity index (χ0) is 20.0. The van der Waals surface area contributed by atoms with Gasteiger partial charge in [-0.1, -0.05) is 30.3 Å². The van der Waals surface area contributed by atoms with Gasteiger partial charge in [-0.05, 0) is 18.1 Å². The van der Waals surface area contributed by atoms with Crippen LogP contribution in [0.5, 0.6) is 0 Å². The Hall–Kier alpha value is -3.26. The molecule has 1 aliphatic heterocycles. The number of H-pyrrole nitrogens is 1. The number of amides is 1. The Morgan fingerprint density at radius 1 is 1.24 bits per heavy atom. The Morgan fingerprint density at radius 3 is 2.90 bits per heavy atom. The van der Waals surface area contributed by atoms with Gasteiger partial charge in [-0.3, -0.25) is 9.59 Å². The highest BCUT2D eigenvalue weighted by atomic mass is 32.1. The molecule has 8 heteroatoms. The predicted molar refractivity (Wildman–Crippen MR) is 111 cm³/mol. The molecule has 1 aromatic carbocycles. The van der Waals surface area contributed by atoms with Gasteiger partial charge < -0.3 is 14.5 Å². The van der Waals surface area contributed by atoms with Crippen molar-refractivity contribution in [2.24, 2.45) is 0 Å². The zero-order valence-electron chi connectivity index (χ0n) is 15.9. The van der Waals surface area contributed by atoms with Crippen LogP contribution in [0.4, 0.5) is 0 Å². The third kappa shape index (κ3) is 3.15. The molecule has 1 aliphatic rings. The van der Waals surface area contributed by atoms with Crippen LogP contribution in [0.2, 0.25) is 0 Å². The Morgan fingerprint density at radius 2 is 2.07 bits per heavy atom. The second-order valence-electron chi connectivity index (χ2n) is 7.22. The van der Waals surface area contributed by atoms with E-state index in [4.69, 9.17) is 0 Å². The van der Waals surface area contributed by atoms with E-state index in [2.05, 4.69) is 19.5 Å². The maximum atomic E-state index is 13.2. The average molecular weight is 405 g/mol. The van der Waals surface area contributed by atoms with E-state index < -0.39 is 0 Å². The average Bonchev–Trinajstić information content (AvgIpc) is 3.32. The van der Waals surface area contributed by atoms with Crippen molar-refractivity contribution in [2.75, 3.05) is 6.54 Å². The van der Waals surface area contributed by atoms with E-state index in [1.807, 2.05) is 42.2 Å². The molecule has 0 bridgehead atoms. The van der Waals surface area contributed by atoms with Crippen LogP contribution in [0.25, 0.3) is 10.2 Å². The molecule has 0 aliphatic carbocycles. The first-order valence-corrected chi connectivity index (χ1v) is 10.3. The number of thiophene rings is 1. The summed E-state index contributed by atoms with van der Waals surface area (Å²) >= 11 is 1.30. The molecule has 0 fully saturated rings. The van der Waals surface area contributed by atoms with Crippen LogP contribution >= 0.6 is 11.3 Å². The van der Waals surface area contributed by atoms with E-state index in [0.29, 0.717) is 46.0 Å². The van der Waals surface area contributed by atoms with E-state index in [1.54, 1.807) is 12.5 Å². The minimum atomic E-state index is -0.189. The maximum Gasteiger partial charge on any atom is 0.264 e. The summed E-state index contributed by atoms with van der Waals surface area (Å²) in [6.07, 6.45) is 4.13. The van der Waals surface area contributed by atoms with Gasteiger partial charge in [-0.15, -0.1) is 11.3 Å². The van der Waals surface area contributed by atoms with Crippen molar-refractivity contribution < 1.29 is 4.79 Å². The third-order valence-electron chi connectivity index (χ3n) is 5.31. The molecule has 4 heterocycles. The highest BCUT2D eigenvalue weighted by Gasteiger charge is 2.26. The summed E-state index contributed by atoms with van der Waals surface area (Å²) in [5.41, 5.74) is 2.61. The zero-order valence-corrected chi connectivity index (χ0v) is 16.7. The molecular formula is C21H19N5O2S. The molecule has 1 amide bonds. The lowest BCUT2D eigenvalue weighted by atomic mass is 10.1. The van der Waals surface area contributed by atoms with Gasteiger partial charge in [-0.25, -0.2) is 9.97 Å². The lowest BCUT2D eigenvalue weighted by molar-refractivity contribution is 0.0715. The van der Waals surface area contributed by atoms with Crippen LogP contribution in [0.15, 0.2) is 47.7 Å². The van der Waals surface area contributed by atoms with Crippen LogP contribution in [0, 0.1) is 6.92 Å². The first-order chi connectivity index (χ1) is 14.1. The van der Waals surface area contributed by atoms with Crippen LogP contribution in [-0.4, -0.2) is 36.9 Å². The second kappa shape index (κ2) is 6.97. The molecule has 5 rings (SSSR count). The van der Waals surface area contributed by atoms with Crippen LogP contribution in [-0.2, 0) is 19.5 Å². The molecule has 0 atom stereocenters. The van der Waals surface area contributed by atoms with Crippen molar-refractivity contribution in [3.05, 3.63) is 80.7 Å². The van der Waals surface area contributed by atoms with E-state index in [-0.39, 0.29) is 11.5 Å². The minimum Gasteiger partial charge on any atom is -0.331 e. The standard InChI is InChI=1S/C21H19N5O2S/c1-13-17-19(27)23-16(9-14-5-3-2-4-6-14)24-20(17)29-18(13)21(28)25-7-8-26-12-22-10-15(26)11-25/h2-6,10,12H,7-9,11H2,1H3,(H,23,24,27). The van der Waals surface area contributed by atoms with Crippen LogP contribution in [0.3, 0.4) is 0 Å². The molecule has 4 aromatic rings. The highest BCUT2D eigenvalue weighted by Crippen LogP contribution is 2.29. The van der Waals surface area contributed by atoms with E-state index in [0.717, 1.165) is 17.8 Å². The summed E-state index contributed by atoms with van der Waals surface area (Å²) < 4.78 is 2.06. The van der Waals surface area contributed by atoms with Crippen molar-refractivity contribution in [2.45, 2.75) is 26.4 Å². The number of imidazole rings is 1. The number of carbonyl (C=O) groups excluding carboxylic acids is 1. The maximum absolute atomic E-state index is 13.2. The summed E-state index contributed by atoms with van der Waals surface area (Å²) in [6.45, 7) is 3.70. The monoisotopic (exact) mass is 405 g/mol.